The zero-order valence-corrected chi connectivity index (χ0v) is 18.6. The molecule has 1 aliphatic heterocycles. The quantitative estimate of drug-likeness (QED) is 0.485. The first kappa shape index (κ1) is 22.4. The second-order valence-corrected chi connectivity index (χ2v) is 8.36. The minimum absolute atomic E-state index is 0. The van der Waals surface area contributed by atoms with E-state index in [1.54, 1.807) is 5.56 Å². The molecule has 2 fully saturated rings. The van der Waals surface area contributed by atoms with Crippen LogP contribution < -0.4 is 5.32 Å². The Morgan fingerprint density at radius 3 is 2.10 bits per heavy atom. The minimum atomic E-state index is 0. The van der Waals surface area contributed by atoms with Gasteiger partial charge in [0, 0.05) is 32.2 Å². The molecule has 1 atom stereocenters. The van der Waals surface area contributed by atoms with Crippen molar-refractivity contribution in [1.82, 2.24) is 10.2 Å². The molecule has 29 heavy (non-hydrogen) atoms. The molecule has 5 rings (SSSR count). The van der Waals surface area contributed by atoms with E-state index >= 15 is 0 Å². The van der Waals surface area contributed by atoms with Crippen LogP contribution in [0.1, 0.15) is 43.7 Å². The van der Waals surface area contributed by atoms with Gasteiger partial charge in [-0.2, -0.15) is 0 Å². The van der Waals surface area contributed by atoms with Crippen molar-refractivity contribution in [2.45, 2.75) is 38.1 Å². The Kier molecular flexibility index (Phi) is 7.81. The van der Waals surface area contributed by atoms with Gasteiger partial charge < -0.3 is 5.32 Å². The van der Waals surface area contributed by atoms with Gasteiger partial charge in [-0.25, -0.2) is 0 Å². The Morgan fingerprint density at radius 2 is 1.38 bits per heavy atom. The van der Waals surface area contributed by atoms with Crippen LogP contribution >= 0.6 is 24.8 Å². The van der Waals surface area contributed by atoms with Gasteiger partial charge in [-0.1, -0.05) is 67.8 Å². The number of rotatable bonds is 3. The molecule has 2 nitrogen and oxygen atoms in total. The number of benzene rings is 3. The summed E-state index contributed by atoms with van der Waals surface area (Å²) in [6, 6.07) is 21.1. The van der Waals surface area contributed by atoms with Gasteiger partial charge in [0.15, 0.2) is 0 Å². The molecule has 4 heteroatoms. The Balaban J connectivity index is 0.00000120. The summed E-state index contributed by atoms with van der Waals surface area (Å²) < 4.78 is 0. The van der Waals surface area contributed by atoms with E-state index in [0.29, 0.717) is 6.04 Å². The van der Waals surface area contributed by atoms with E-state index in [2.05, 4.69) is 64.8 Å². The van der Waals surface area contributed by atoms with Crippen LogP contribution in [0, 0.1) is 5.92 Å². The summed E-state index contributed by atoms with van der Waals surface area (Å²) in [6.45, 7) is 4.58. The second-order valence-electron chi connectivity index (χ2n) is 8.36. The van der Waals surface area contributed by atoms with Gasteiger partial charge in [-0.05, 0) is 51.9 Å². The summed E-state index contributed by atoms with van der Waals surface area (Å²) in [5.41, 5.74) is 1.57. The van der Waals surface area contributed by atoms with Crippen LogP contribution in [0.3, 0.4) is 0 Å². The molecular weight excluding hydrogens is 399 g/mol. The summed E-state index contributed by atoms with van der Waals surface area (Å²) in [4.78, 5) is 2.78. The number of nitrogens with zero attached hydrogens (tertiary/aromatic N) is 1. The smallest absolute Gasteiger partial charge is 0.0383 e. The number of hydrogen-bond donors (Lipinski definition) is 1. The first-order chi connectivity index (χ1) is 13.4. The Labute approximate surface area is 186 Å². The molecule has 0 aromatic heterocycles. The fraction of sp³-hybridized carbons (Fsp3) is 0.440. The van der Waals surface area contributed by atoms with Crippen LogP contribution in [0.15, 0.2) is 54.6 Å². The molecule has 1 heterocycles. The first-order valence-electron chi connectivity index (χ1n) is 10.8. The summed E-state index contributed by atoms with van der Waals surface area (Å²) >= 11 is 0. The highest BCUT2D eigenvalue weighted by Gasteiger charge is 2.32. The minimum Gasteiger partial charge on any atom is -0.314 e. The Morgan fingerprint density at radius 1 is 0.759 bits per heavy atom. The zero-order valence-electron chi connectivity index (χ0n) is 17.0. The van der Waals surface area contributed by atoms with Gasteiger partial charge in [0.1, 0.15) is 0 Å². The second kappa shape index (κ2) is 10.1. The van der Waals surface area contributed by atoms with Gasteiger partial charge in [-0.3, -0.25) is 4.90 Å². The van der Waals surface area contributed by atoms with Crippen molar-refractivity contribution in [1.29, 1.82) is 0 Å². The third-order valence-corrected chi connectivity index (χ3v) is 6.76. The predicted molar refractivity (Wildman–Crippen MR) is 130 cm³/mol. The average molecular weight is 431 g/mol. The third-order valence-electron chi connectivity index (χ3n) is 6.76. The molecule has 0 radical (unpaired) electrons. The van der Waals surface area contributed by atoms with Gasteiger partial charge in [0.25, 0.3) is 0 Å². The monoisotopic (exact) mass is 430 g/mol. The molecule has 0 unspecified atom stereocenters. The Hall–Kier alpha value is -1.32. The zero-order chi connectivity index (χ0) is 18.1. The molecule has 1 saturated carbocycles. The van der Waals surface area contributed by atoms with Crippen LogP contribution in [-0.2, 0) is 0 Å². The summed E-state index contributed by atoms with van der Waals surface area (Å²) in [5.74, 6) is 0.793. The van der Waals surface area contributed by atoms with E-state index in [1.807, 2.05) is 0 Å². The molecule has 2 aliphatic rings. The molecule has 156 valence electrons. The van der Waals surface area contributed by atoms with E-state index in [4.69, 9.17) is 0 Å². The van der Waals surface area contributed by atoms with E-state index in [9.17, 15) is 0 Å². The summed E-state index contributed by atoms with van der Waals surface area (Å²) in [5, 5.41) is 9.21. The van der Waals surface area contributed by atoms with E-state index in [0.717, 1.165) is 19.0 Å². The lowest BCUT2D eigenvalue weighted by molar-refractivity contribution is 0.104. The van der Waals surface area contributed by atoms with Crippen LogP contribution in [0.2, 0.25) is 0 Å². The standard InChI is InChI=1S/C25H30N2.2ClH/c1-2-8-19(9-3-1)25(27-16-14-26-15-17-27)24-18-20-10-4-5-11-21(20)22-12-6-7-13-23(22)24;;/h4-7,10-13,18-19,25-26H,1-3,8-9,14-17H2;2*1H/t25-;;/m1../s1. The Bertz CT molecular complexity index is 912. The number of halogens is 2. The number of hydrogen-bond acceptors (Lipinski definition) is 2. The van der Waals surface area contributed by atoms with Crippen molar-refractivity contribution in [3.8, 4) is 0 Å². The largest absolute Gasteiger partial charge is 0.314 e. The van der Waals surface area contributed by atoms with Crippen molar-refractivity contribution >= 4 is 46.4 Å². The highest BCUT2D eigenvalue weighted by atomic mass is 35.5. The summed E-state index contributed by atoms with van der Waals surface area (Å²) in [6.07, 6.45) is 6.99. The van der Waals surface area contributed by atoms with Gasteiger partial charge in [0.05, 0.1) is 0 Å². The number of piperazine rings is 1. The normalized spacial score (nSPS) is 19.4. The van der Waals surface area contributed by atoms with Crippen LogP contribution in [-0.4, -0.2) is 31.1 Å². The summed E-state index contributed by atoms with van der Waals surface area (Å²) in [7, 11) is 0. The maximum absolute atomic E-state index is 3.55. The number of fused-ring (bicyclic) bond motifs is 3. The van der Waals surface area contributed by atoms with Gasteiger partial charge >= 0.3 is 0 Å². The lowest BCUT2D eigenvalue weighted by atomic mass is 9.78. The molecule has 1 N–H and O–H groups in total. The molecular formula is C25H32Cl2N2. The van der Waals surface area contributed by atoms with E-state index in [1.165, 1.54) is 66.7 Å². The molecule has 1 saturated heterocycles. The van der Waals surface area contributed by atoms with Gasteiger partial charge in [-0.15, -0.1) is 24.8 Å². The van der Waals surface area contributed by atoms with Crippen molar-refractivity contribution < 1.29 is 0 Å². The van der Waals surface area contributed by atoms with Crippen molar-refractivity contribution in [3.05, 3.63) is 60.2 Å². The number of nitrogens with one attached hydrogen (secondary N) is 1. The van der Waals surface area contributed by atoms with Crippen molar-refractivity contribution in [2.24, 2.45) is 5.92 Å². The molecule has 0 spiro atoms. The van der Waals surface area contributed by atoms with Crippen LogP contribution in [0.5, 0.6) is 0 Å². The highest BCUT2D eigenvalue weighted by Crippen LogP contribution is 2.42. The molecule has 1 aliphatic carbocycles. The lowest BCUT2D eigenvalue weighted by Crippen LogP contribution is -2.47. The van der Waals surface area contributed by atoms with Crippen molar-refractivity contribution in [3.63, 3.8) is 0 Å². The predicted octanol–water partition coefficient (Wildman–Crippen LogP) is 6.36. The first-order valence-corrected chi connectivity index (χ1v) is 10.8. The van der Waals surface area contributed by atoms with Crippen molar-refractivity contribution in [2.75, 3.05) is 26.2 Å². The molecule has 3 aromatic carbocycles. The van der Waals surface area contributed by atoms with Crippen LogP contribution in [0.25, 0.3) is 21.5 Å². The highest BCUT2D eigenvalue weighted by molar-refractivity contribution is 6.09. The molecule has 0 bridgehead atoms. The van der Waals surface area contributed by atoms with Gasteiger partial charge in [0.2, 0.25) is 0 Å². The fourth-order valence-electron chi connectivity index (χ4n) is 5.49. The maximum Gasteiger partial charge on any atom is 0.0383 e. The average Bonchev–Trinajstić information content (AvgIpc) is 2.76. The maximum atomic E-state index is 3.55. The molecule has 3 aromatic rings. The third kappa shape index (κ3) is 4.41. The molecule has 0 amide bonds. The SMILES string of the molecule is Cl.Cl.c1ccc2c(c1)cc([C@@H](C1CCCCC1)N1CCNCC1)c1ccccc12. The lowest BCUT2D eigenvalue weighted by Gasteiger charge is -2.41. The fourth-order valence-corrected chi connectivity index (χ4v) is 5.49. The van der Waals surface area contributed by atoms with E-state index < -0.39 is 0 Å². The topological polar surface area (TPSA) is 15.3 Å². The van der Waals surface area contributed by atoms with Crippen LogP contribution in [0.4, 0.5) is 0 Å². The van der Waals surface area contributed by atoms with E-state index in [-0.39, 0.29) is 24.8 Å².